The van der Waals surface area contributed by atoms with E-state index in [1.807, 2.05) is 0 Å². The van der Waals surface area contributed by atoms with E-state index in [1.54, 1.807) is 18.2 Å². The third-order valence-electron chi connectivity index (χ3n) is 2.28. The topological polar surface area (TPSA) is 103 Å². The van der Waals surface area contributed by atoms with E-state index in [1.165, 1.54) is 20.3 Å². The van der Waals surface area contributed by atoms with Crippen molar-refractivity contribution in [1.29, 1.82) is 0 Å². The van der Waals surface area contributed by atoms with Crippen LogP contribution in [0.1, 0.15) is 6.92 Å². The fraction of sp³-hybridized carbons (Fsp3) is 0.250. The largest absolute Gasteiger partial charge is 0.612 e. The first-order valence-electron chi connectivity index (χ1n) is 5.74. The Morgan fingerprint density at radius 2 is 1.95 bits per heavy atom. The molecule has 0 saturated carbocycles. The van der Waals surface area contributed by atoms with Crippen LogP contribution in [0.25, 0.3) is 0 Å². The molecule has 1 atom stereocenters. The third kappa shape index (κ3) is 5.58. The zero-order valence-corrected chi connectivity index (χ0v) is 13.3. The molecule has 114 valence electrons. The Kier molecular flexibility index (Phi) is 6.40. The minimum absolute atomic E-state index is 0.00696. The van der Waals surface area contributed by atoms with E-state index in [0.717, 1.165) is 0 Å². The number of ether oxygens (including phenoxy) is 1. The number of nitrogens with one attached hydrogen (secondary N) is 3. The third-order valence-corrected chi connectivity index (χ3v) is 3.40. The van der Waals surface area contributed by atoms with Crippen LogP contribution >= 0.6 is 12.2 Å². The lowest BCUT2D eigenvalue weighted by molar-refractivity contribution is -0.114. The summed E-state index contributed by atoms with van der Waals surface area (Å²) in [7, 11) is 1.21. The number of alkyl carbamates (subject to hydrolysis) is 1. The van der Waals surface area contributed by atoms with Crippen LogP contribution in [-0.4, -0.2) is 35.0 Å². The highest BCUT2D eigenvalue weighted by Crippen LogP contribution is 2.25. The Labute approximate surface area is 130 Å². The van der Waals surface area contributed by atoms with E-state index in [-0.39, 0.29) is 11.0 Å². The number of carbonyl (C=O) groups excluding carboxylic acids is 2. The quantitative estimate of drug-likeness (QED) is 0.573. The van der Waals surface area contributed by atoms with Gasteiger partial charge in [0.15, 0.2) is 10.0 Å². The summed E-state index contributed by atoms with van der Waals surface area (Å²) in [5.41, 5.74) is 0.866. The summed E-state index contributed by atoms with van der Waals surface area (Å²) in [5, 5.41) is 7.63. The molecular weight excluding hydrogens is 314 g/mol. The highest BCUT2D eigenvalue weighted by molar-refractivity contribution is 7.90. The van der Waals surface area contributed by atoms with Gasteiger partial charge in [-0.1, -0.05) is 0 Å². The predicted octanol–water partition coefficient (Wildman–Crippen LogP) is 1.44. The smallest absolute Gasteiger partial charge is 0.413 e. The minimum Gasteiger partial charge on any atom is -0.612 e. The first kappa shape index (κ1) is 17.2. The maximum absolute atomic E-state index is 11.5. The summed E-state index contributed by atoms with van der Waals surface area (Å²) in [6.45, 7) is 1.36. The first-order chi connectivity index (χ1) is 9.83. The van der Waals surface area contributed by atoms with Gasteiger partial charge >= 0.3 is 6.09 Å². The van der Waals surface area contributed by atoms with Crippen molar-refractivity contribution in [3.8, 4) is 0 Å². The Hall–Kier alpha value is -1.84. The number of methoxy groups -OCH3 is 1. The highest BCUT2D eigenvalue weighted by Gasteiger charge is 2.13. The molecule has 0 radical (unpaired) electrons. The molecule has 1 aromatic rings. The van der Waals surface area contributed by atoms with Gasteiger partial charge in [0, 0.05) is 13.0 Å². The van der Waals surface area contributed by atoms with E-state index in [2.05, 4.69) is 20.7 Å². The zero-order chi connectivity index (χ0) is 16.0. The van der Waals surface area contributed by atoms with Crippen molar-refractivity contribution in [3.63, 3.8) is 0 Å². The lowest BCUT2D eigenvalue weighted by Crippen LogP contribution is -2.34. The standard InChI is InChI=1S/C12H15N3O4S2/c1-7(16)13-9-5-4-8(21(3)18)6-10(9)14-11(20)15-12(17)19-2/h4-6H,1-3H3,(H,13,16)(H2,14,15,17,20). The number of thiocarbonyl (C=S) groups is 1. The first-order valence-corrected chi connectivity index (χ1v) is 7.71. The zero-order valence-electron chi connectivity index (χ0n) is 11.7. The van der Waals surface area contributed by atoms with E-state index >= 15 is 0 Å². The fourth-order valence-electron chi connectivity index (χ4n) is 1.40. The van der Waals surface area contributed by atoms with Crippen molar-refractivity contribution >= 4 is 51.9 Å². The molecule has 1 rings (SSSR count). The van der Waals surface area contributed by atoms with Crippen LogP contribution in [0.5, 0.6) is 0 Å². The fourth-order valence-corrected chi connectivity index (χ4v) is 2.14. The van der Waals surface area contributed by atoms with Gasteiger partial charge in [0.05, 0.1) is 18.5 Å². The van der Waals surface area contributed by atoms with Crippen molar-refractivity contribution in [2.75, 3.05) is 24.0 Å². The van der Waals surface area contributed by atoms with Crippen LogP contribution in [0, 0.1) is 0 Å². The van der Waals surface area contributed by atoms with Crippen LogP contribution < -0.4 is 16.0 Å². The summed E-state index contributed by atoms with van der Waals surface area (Å²) in [6.07, 6.45) is 0.811. The van der Waals surface area contributed by atoms with Crippen molar-refractivity contribution in [1.82, 2.24) is 5.32 Å². The molecule has 7 nitrogen and oxygen atoms in total. The van der Waals surface area contributed by atoms with Crippen LogP contribution in [0.2, 0.25) is 0 Å². The molecule has 0 bridgehead atoms. The maximum atomic E-state index is 11.5. The van der Waals surface area contributed by atoms with Crippen molar-refractivity contribution in [3.05, 3.63) is 18.2 Å². The minimum atomic E-state index is -1.20. The number of hydrogen-bond acceptors (Lipinski definition) is 5. The van der Waals surface area contributed by atoms with E-state index in [0.29, 0.717) is 16.3 Å². The summed E-state index contributed by atoms with van der Waals surface area (Å²) >= 11 is 3.75. The number of anilines is 2. The van der Waals surface area contributed by atoms with Gasteiger partial charge in [-0.15, -0.1) is 0 Å². The monoisotopic (exact) mass is 329 g/mol. The SMILES string of the molecule is COC(=O)NC(=S)Nc1cc([S+](C)[O-])ccc1NC(C)=O. The molecule has 2 amide bonds. The van der Waals surface area contributed by atoms with Crippen molar-refractivity contribution in [2.45, 2.75) is 11.8 Å². The lowest BCUT2D eigenvalue weighted by atomic mass is 10.2. The van der Waals surface area contributed by atoms with E-state index < -0.39 is 17.3 Å². The summed E-state index contributed by atoms with van der Waals surface area (Å²) in [6, 6.07) is 4.80. The van der Waals surface area contributed by atoms with Gasteiger partial charge in [0.2, 0.25) is 5.91 Å². The lowest BCUT2D eigenvalue weighted by Gasteiger charge is -2.15. The average molecular weight is 329 g/mol. The molecule has 21 heavy (non-hydrogen) atoms. The number of amides is 2. The number of carbonyl (C=O) groups is 2. The molecule has 0 aliphatic heterocycles. The van der Waals surface area contributed by atoms with Crippen molar-refractivity contribution < 1.29 is 18.9 Å². The second-order valence-corrected chi connectivity index (χ2v) is 5.70. The molecule has 1 aromatic carbocycles. The molecule has 9 heteroatoms. The van der Waals surface area contributed by atoms with Gasteiger partial charge < -0.3 is 19.9 Å². The van der Waals surface area contributed by atoms with Gasteiger partial charge in [-0.3, -0.25) is 10.1 Å². The number of hydrogen-bond donors (Lipinski definition) is 3. The van der Waals surface area contributed by atoms with Crippen LogP contribution in [0.15, 0.2) is 23.1 Å². The predicted molar refractivity (Wildman–Crippen MR) is 84.8 cm³/mol. The Bertz CT molecular complexity index is 563. The molecule has 3 N–H and O–H groups in total. The molecule has 0 aromatic heterocycles. The van der Waals surface area contributed by atoms with Gasteiger partial charge in [0.1, 0.15) is 6.26 Å². The van der Waals surface area contributed by atoms with Gasteiger partial charge in [-0.2, -0.15) is 0 Å². The summed E-state index contributed by atoms with van der Waals surface area (Å²) < 4.78 is 15.9. The van der Waals surface area contributed by atoms with Crippen LogP contribution in [0.3, 0.4) is 0 Å². The Morgan fingerprint density at radius 3 is 2.48 bits per heavy atom. The molecule has 0 saturated heterocycles. The molecule has 0 heterocycles. The molecule has 0 fully saturated rings. The van der Waals surface area contributed by atoms with Gasteiger partial charge in [0.25, 0.3) is 0 Å². The molecule has 1 unspecified atom stereocenters. The van der Waals surface area contributed by atoms with Crippen LogP contribution in [-0.2, 0) is 20.7 Å². The average Bonchev–Trinajstić information content (AvgIpc) is 2.39. The molecule has 0 aliphatic carbocycles. The second-order valence-electron chi connectivity index (χ2n) is 3.91. The summed E-state index contributed by atoms with van der Waals surface area (Å²) in [4.78, 5) is 22.8. The van der Waals surface area contributed by atoms with Gasteiger partial charge in [-0.05, 0) is 35.5 Å². The van der Waals surface area contributed by atoms with E-state index in [4.69, 9.17) is 12.2 Å². The maximum Gasteiger partial charge on any atom is 0.413 e. The number of rotatable bonds is 3. The second kappa shape index (κ2) is 7.81. The molecular formula is C12H15N3O4S2. The van der Waals surface area contributed by atoms with E-state index in [9.17, 15) is 14.1 Å². The summed E-state index contributed by atoms with van der Waals surface area (Å²) in [5.74, 6) is -0.268. The molecule has 0 spiro atoms. The number of benzene rings is 1. The van der Waals surface area contributed by atoms with Crippen molar-refractivity contribution in [2.24, 2.45) is 0 Å². The van der Waals surface area contributed by atoms with Gasteiger partial charge in [-0.25, -0.2) is 4.79 Å². The Morgan fingerprint density at radius 1 is 1.29 bits per heavy atom. The normalized spacial score (nSPS) is 11.2. The molecule has 0 aliphatic rings. The Balaban J connectivity index is 2.99. The highest BCUT2D eigenvalue weighted by atomic mass is 32.2. The van der Waals surface area contributed by atoms with Crippen LogP contribution in [0.4, 0.5) is 16.2 Å².